The molecular weight excluding hydrogens is 232 g/mol. The Morgan fingerprint density at radius 1 is 1.57 bits per heavy atom. The van der Waals surface area contributed by atoms with Crippen molar-refractivity contribution in [1.29, 1.82) is 0 Å². The molecule has 8 heteroatoms. The molecule has 1 heterocycles. The number of hydrogen-bond acceptors (Lipinski definition) is 6. The first-order valence-electron chi connectivity index (χ1n) is 4.16. The summed E-state index contributed by atoms with van der Waals surface area (Å²) in [6.45, 7) is 1.57. The van der Waals surface area contributed by atoms with Crippen LogP contribution >= 0.6 is 10.9 Å². The van der Waals surface area contributed by atoms with Gasteiger partial charge in [0.05, 0.1) is 35.1 Å². The van der Waals surface area contributed by atoms with E-state index in [4.69, 9.17) is 13.3 Å². The van der Waals surface area contributed by atoms with Gasteiger partial charge < -0.3 is 9.11 Å². The summed E-state index contributed by atoms with van der Waals surface area (Å²) in [6.07, 6.45) is -0.326. The van der Waals surface area contributed by atoms with Gasteiger partial charge in [-0.2, -0.15) is 8.42 Å². The zero-order valence-corrected chi connectivity index (χ0v) is 9.38. The van der Waals surface area contributed by atoms with Crippen LogP contribution in [-0.4, -0.2) is 41.7 Å². The Bertz CT molecular complexity index is 285. The normalized spacial score (nSPS) is 29.8. The molecule has 0 aliphatic carbocycles. The maximum absolute atomic E-state index is 11.1. The van der Waals surface area contributed by atoms with Gasteiger partial charge in [0.25, 0.3) is 10.1 Å². The second-order valence-electron chi connectivity index (χ2n) is 2.95. The van der Waals surface area contributed by atoms with E-state index in [9.17, 15) is 8.42 Å². The molecule has 0 amide bonds. The predicted octanol–water partition coefficient (Wildman–Crippen LogP) is 0.807. The first-order chi connectivity index (χ1) is 6.35. The minimum atomic E-state index is -3.53. The molecule has 0 aromatic carbocycles. The van der Waals surface area contributed by atoms with Crippen LogP contribution in [0.15, 0.2) is 0 Å². The van der Waals surface area contributed by atoms with Crippen molar-refractivity contribution in [2.24, 2.45) is 0 Å². The second kappa shape index (κ2) is 4.33. The Morgan fingerprint density at radius 3 is 2.71 bits per heavy atom. The monoisotopic (exact) mass is 246 g/mol. The van der Waals surface area contributed by atoms with Crippen LogP contribution in [0.5, 0.6) is 0 Å². The lowest BCUT2D eigenvalue weighted by molar-refractivity contribution is 0.144. The Hall–Kier alpha value is 0.140. The van der Waals surface area contributed by atoms with E-state index in [1.807, 2.05) is 0 Å². The highest BCUT2D eigenvalue weighted by Crippen LogP contribution is 2.44. The minimum absolute atomic E-state index is 0.103. The molecule has 1 rings (SSSR count). The first-order valence-corrected chi connectivity index (χ1v) is 7.38. The van der Waals surface area contributed by atoms with Crippen LogP contribution in [-0.2, 0) is 18.5 Å². The predicted molar refractivity (Wildman–Crippen MR) is 52.6 cm³/mol. The molecule has 2 N–H and O–H groups in total. The highest BCUT2D eigenvalue weighted by molar-refractivity contribution is 8.20. The van der Waals surface area contributed by atoms with E-state index in [2.05, 4.69) is 4.18 Å². The van der Waals surface area contributed by atoms with Gasteiger partial charge in [0.1, 0.15) is 0 Å². The van der Waals surface area contributed by atoms with Gasteiger partial charge in [0, 0.05) is 6.42 Å². The van der Waals surface area contributed by atoms with Crippen LogP contribution in [0.3, 0.4) is 0 Å². The Kier molecular flexibility index (Phi) is 3.78. The van der Waals surface area contributed by atoms with Gasteiger partial charge in [-0.05, 0) is 6.92 Å². The summed E-state index contributed by atoms with van der Waals surface area (Å²) in [5.41, 5.74) is 0. The Labute approximate surface area is 84.9 Å². The fraction of sp³-hybridized carbons (Fsp3) is 1.00. The molecule has 0 spiro atoms. The maximum atomic E-state index is 11.1. The molecule has 0 radical (unpaired) electrons. The van der Waals surface area contributed by atoms with Crippen molar-refractivity contribution < 1.29 is 25.9 Å². The fourth-order valence-corrected chi connectivity index (χ4v) is 3.02. The lowest BCUT2D eigenvalue weighted by Crippen LogP contribution is -2.32. The van der Waals surface area contributed by atoms with E-state index in [-0.39, 0.29) is 18.1 Å². The van der Waals surface area contributed by atoms with Gasteiger partial charge in [0.15, 0.2) is 0 Å². The van der Waals surface area contributed by atoms with Gasteiger partial charge in [0.2, 0.25) is 0 Å². The lowest BCUT2D eigenvalue weighted by atomic mass is 10.3. The number of hydrogen-bond donors (Lipinski definition) is 2. The topological polar surface area (TPSA) is 93.1 Å². The van der Waals surface area contributed by atoms with E-state index in [1.54, 1.807) is 0 Å². The van der Waals surface area contributed by atoms with Crippen LogP contribution in [0.25, 0.3) is 0 Å². The highest BCUT2D eigenvalue weighted by atomic mass is 32.3. The largest absolute Gasteiger partial charge is 0.308 e. The van der Waals surface area contributed by atoms with E-state index < -0.39 is 27.1 Å². The molecular formula is C6H14O6S2. The summed E-state index contributed by atoms with van der Waals surface area (Å²) in [6, 6.07) is 0. The van der Waals surface area contributed by atoms with Crippen molar-refractivity contribution in [2.75, 3.05) is 18.1 Å². The van der Waals surface area contributed by atoms with E-state index in [0.29, 0.717) is 6.42 Å². The molecule has 86 valence electrons. The van der Waals surface area contributed by atoms with Crippen LogP contribution < -0.4 is 0 Å². The van der Waals surface area contributed by atoms with E-state index in [1.165, 1.54) is 6.92 Å². The summed E-state index contributed by atoms with van der Waals surface area (Å²) in [5, 5.41) is 0. The molecule has 0 bridgehead atoms. The maximum Gasteiger partial charge on any atom is 0.267 e. The third kappa shape index (κ3) is 3.71. The van der Waals surface area contributed by atoms with Crippen molar-refractivity contribution >= 4 is 21.0 Å². The molecule has 1 unspecified atom stereocenters. The average molecular weight is 246 g/mol. The second-order valence-corrected chi connectivity index (χ2v) is 6.62. The zero-order chi connectivity index (χ0) is 10.8. The summed E-state index contributed by atoms with van der Waals surface area (Å²) < 4.78 is 49.9. The third-order valence-electron chi connectivity index (χ3n) is 1.75. The fourth-order valence-electron chi connectivity index (χ4n) is 1.04. The Morgan fingerprint density at radius 2 is 2.21 bits per heavy atom. The van der Waals surface area contributed by atoms with Crippen molar-refractivity contribution in [3.63, 3.8) is 0 Å². The van der Waals surface area contributed by atoms with Crippen molar-refractivity contribution in [2.45, 2.75) is 19.4 Å². The molecule has 0 saturated carbocycles. The summed E-state index contributed by atoms with van der Waals surface area (Å²) in [7, 11) is -6.64. The lowest BCUT2D eigenvalue weighted by Gasteiger charge is -2.34. The summed E-state index contributed by atoms with van der Waals surface area (Å²) in [4.78, 5) is 0. The van der Waals surface area contributed by atoms with E-state index in [0.717, 1.165) is 0 Å². The SMILES string of the molecule is CCS(=O)(=O)OC1CCOS(O)(O)C1. The molecule has 14 heavy (non-hydrogen) atoms. The molecule has 1 saturated heterocycles. The first kappa shape index (κ1) is 12.2. The quantitative estimate of drug-likeness (QED) is 0.716. The molecule has 0 aromatic heterocycles. The average Bonchev–Trinajstić information content (AvgIpc) is 2.01. The minimum Gasteiger partial charge on any atom is -0.308 e. The molecule has 6 nitrogen and oxygen atoms in total. The van der Waals surface area contributed by atoms with Gasteiger partial charge in [-0.1, -0.05) is 0 Å². The number of rotatable bonds is 3. The smallest absolute Gasteiger partial charge is 0.267 e. The molecule has 1 aliphatic heterocycles. The summed E-state index contributed by atoms with van der Waals surface area (Å²) >= 11 is 0. The van der Waals surface area contributed by atoms with E-state index >= 15 is 0 Å². The van der Waals surface area contributed by atoms with Crippen LogP contribution in [0, 0.1) is 0 Å². The zero-order valence-electron chi connectivity index (χ0n) is 7.75. The van der Waals surface area contributed by atoms with Gasteiger partial charge >= 0.3 is 0 Å². The summed E-state index contributed by atoms with van der Waals surface area (Å²) in [5.74, 6) is -0.296. The van der Waals surface area contributed by atoms with Crippen molar-refractivity contribution in [1.82, 2.24) is 0 Å². The standard InChI is InChI=1S/C6H14O6S2/c1-2-13(7,8)12-6-3-4-11-14(9,10)5-6/h6,9-10H,2-5H2,1H3. The van der Waals surface area contributed by atoms with Crippen molar-refractivity contribution in [3.05, 3.63) is 0 Å². The molecule has 1 aliphatic rings. The molecule has 1 atom stereocenters. The van der Waals surface area contributed by atoms with Crippen LogP contribution in [0.1, 0.15) is 13.3 Å². The van der Waals surface area contributed by atoms with Gasteiger partial charge in [-0.3, -0.25) is 8.37 Å². The third-order valence-corrected chi connectivity index (χ3v) is 4.37. The highest BCUT2D eigenvalue weighted by Gasteiger charge is 2.32. The van der Waals surface area contributed by atoms with Gasteiger partial charge in [-0.15, -0.1) is 0 Å². The van der Waals surface area contributed by atoms with Crippen LogP contribution in [0.4, 0.5) is 0 Å². The molecule has 1 fully saturated rings. The van der Waals surface area contributed by atoms with Gasteiger partial charge in [-0.25, -0.2) is 0 Å². The van der Waals surface area contributed by atoms with Crippen molar-refractivity contribution in [3.8, 4) is 0 Å². The van der Waals surface area contributed by atoms with Crippen LogP contribution in [0.2, 0.25) is 0 Å². The molecule has 0 aromatic rings. The Balaban J connectivity index is 2.54.